The third-order valence-corrected chi connectivity index (χ3v) is 5.09. The highest BCUT2D eigenvalue weighted by Gasteiger charge is 2.27. The number of nitrogens with one attached hydrogen (secondary N) is 1. The van der Waals surface area contributed by atoms with Crippen LogP contribution in [0.1, 0.15) is 31.2 Å². The van der Waals surface area contributed by atoms with E-state index in [2.05, 4.69) is 23.7 Å². The fourth-order valence-electron chi connectivity index (χ4n) is 3.37. The maximum Gasteiger partial charge on any atom is 0.282 e. The average molecular weight is 369 g/mol. The average Bonchev–Trinajstić information content (AvgIpc) is 2.92. The molecule has 0 bridgehead atoms. The number of hydrogen-bond donors (Lipinski definition) is 1. The van der Waals surface area contributed by atoms with Gasteiger partial charge in [0.05, 0.1) is 13.1 Å². The Bertz CT molecular complexity index is 760. The van der Waals surface area contributed by atoms with Gasteiger partial charge in [-0.05, 0) is 66.8 Å². The molecule has 2 aliphatic rings. The van der Waals surface area contributed by atoms with Crippen molar-refractivity contribution in [2.24, 2.45) is 4.99 Å². The zero-order valence-electron chi connectivity index (χ0n) is 14.7. The predicted molar refractivity (Wildman–Crippen MR) is 105 cm³/mol. The van der Waals surface area contributed by atoms with Gasteiger partial charge in [0.2, 0.25) is 0 Å². The number of rotatable bonds is 4. The minimum absolute atomic E-state index is 0.00263. The van der Waals surface area contributed by atoms with E-state index in [1.165, 1.54) is 41.2 Å². The number of benzene rings is 1. The number of hydrogen-bond acceptors (Lipinski definition) is 3. The fraction of sp³-hybridized carbons (Fsp3) is 0.350. The molecule has 0 spiro atoms. The second-order valence-electron chi connectivity index (χ2n) is 6.60. The van der Waals surface area contributed by atoms with Crippen molar-refractivity contribution in [2.75, 3.05) is 19.6 Å². The third kappa shape index (κ3) is 4.08. The lowest BCUT2D eigenvalue weighted by atomic mass is 10.1. The van der Waals surface area contributed by atoms with Gasteiger partial charge in [-0.25, -0.2) is 4.99 Å². The van der Waals surface area contributed by atoms with Gasteiger partial charge in [0.1, 0.15) is 11.3 Å². The quantitative estimate of drug-likeness (QED) is 0.380. The molecule has 0 aliphatic carbocycles. The van der Waals surface area contributed by atoms with Gasteiger partial charge in [-0.2, -0.15) is 0 Å². The second-order valence-corrected chi connectivity index (χ2v) is 6.97. The molecule has 6 heteroatoms. The molecule has 1 fully saturated rings. The molecule has 2 aliphatic heterocycles. The van der Waals surface area contributed by atoms with Crippen LogP contribution < -0.4 is 4.90 Å². The fourth-order valence-corrected chi connectivity index (χ4v) is 3.61. The summed E-state index contributed by atoms with van der Waals surface area (Å²) < 4.78 is 0. The highest BCUT2D eigenvalue weighted by atomic mass is 32.1. The summed E-state index contributed by atoms with van der Waals surface area (Å²) in [5, 5.41) is -0.00263. The van der Waals surface area contributed by atoms with Gasteiger partial charge >= 0.3 is 0 Å². The summed E-state index contributed by atoms with van der Waals surface area (Å²) >= 11 is 5.00. The van der Waals surface area contributed by atoms with Crippen molar-refractivity contribution >= 4 is 41.4 Å². The number of carbonyl (C=O) groups excluding carboxylic acids is 2. The molecular formula is C20H23N3O2S. The van der Waals surface area contributed by atoms with E-state index < -0.39 is 11.8 Å². The van der Waals surface area contributed by atoms with E-state index in [0.29, 0.717) is 0 Å². The van der Waals surface area contributed by atoms with Crippen LogP contribution in [0.25, 0.3) is 6.08 Å². The summed E-state index contributed by atoms with van der Waals surface area (Å²) in [5.41, 5.74) is 2.10. The van der Waals surface area contributed by atoms with Crippen molar-refractivity contribution in [2.45, 2.75) is 25.7 Å². The van der Waals surface area contributed by atoms with Gasteiger partial charge in [-0.1, -0.05) is 6.08 Å². The molecule has 0 atom stereocenters. The molecule has 0 unspecified atom stereocenters. The topological polar surface area (TPSA) is 54.2 Å². The van der Waals surface area contributed by atoms with E-state index >= 15 is 0 Å². The van der Waals surface area contributed by atoms with Crippen molar-refractivity contribution in [3.63, 3.8) is 0 Å². The van der Waals surface area contributed by atoms with Crippen LogP contribution in [0.2, 0.25) is 0 Å². The van der Waals surface area contributed by atoms with Crippen LogP contribution in [-0.2, 0) is 22.2 Å². The molecule has 2 heterocycles. The lowest BCUT2D eigenvalue weighted by Gasteiger charge is -2.30. The van der Waals surface area contributed by atoms with E-state index in [1.54, 1.807) is 12.2 Å². The largest absolute Gasteiger partial charge is 0.742 e. The lowest BCUT2D eigenvalue weighted by molar-refractivity contribution is -0.831. The standard InChI is InChI=1S/C20H23N3O2S/c1-2-11-23-19(25)17(18(24)21-20(23)26)14-15-7-9-16(10-8-15)22-12-5-3-4-6-13-22/h2,7-10,14H,1,3-6,11-13H2,(H,21,24,26)/b17-14-. The van der Waals surface area contributed by atoms with Crippen LogP contribution >= 0.6 is 0 Å². The van der Waals surface area contributed by atoms with Crippen molar-refractivity contribution < 1.29 is 14.5 Å². The smallest absolute Gasteiger partial charge is 0.282 e. The minimum atomic E-state index is -0.581. The van der Waals surface area contributed by atoms with Crippen molar-refractivity contribution in [3.05, 3.63) is 48.1 Å². The summed E-state index contributed by atoms with van der Waals surface area (Å²) in [6.45, 7) is 6.16. The van der Waals surface area contributed by atoms with E-state index in [9.17, 15) is 9.59 Å². The van der Waals surface area contributed by atoms with Crippen LogP contribution in [0.5, 0.6) is 0 Å². The first-order chi connectivity index (χ1) is 12.6. The van der Waals surface area contributed by atoms with Crippen molar-refractivity contribution in [1.29, 1.82) is 0 Å². The highest BCUT2D eigenvalue weighted by Crippen LogP contribution is 2.17. The molecule has 1 N–H and O–H groups in total. The van der Waals surface area contributed by atoms with E-state index in [-0.39, 0.29) is 17.3 Å². The van der Waals surface area contributed by atoms with Gasteiger partial charge in [-0.3, -0.25) is 9.59 Å². The van der Waals surface area contributed by atoms with Crippen molar-refractivity contribution in [3.8, 4) is 0 Å². The van der Waals surface area contributed by atoms with Crippen molar-refractivity contribution in [1.82, 2.24) is 4.90 Å². The highest BCUT2D eigenvalue weighted by molar-refractivity contribution is 7.77. The Balaban J connectivity index is 1.81. The number of amides is 2. The Morgan fingerprint density at radius 3 is 2.38 bits per heavy atom. The molecule has 136 valence electrons. The van der Waals surface area contributed by atoms with Gasteiger partial charge in [-0.15, -0.1) is 6.58 Å². The maximum atomic E-state index is 12.5. The SMILES string of the molecule is C=CCN1C(=O)/C(=C\c2ccc([NH+]3CCCCCC3)cc2)C(=O)N=C1[S-]. The Labute approximate surface area is 159 Å². The minimum Gasteiger partial charge on any atom is -0.742 e. The second kappa shape index (κ2) is 8.38. The van der Waals surface area contributed by atoms with Crippen LogP contribution in [0, 0.1) is 0 Å². The first kappa shape index (κ1) is 18.5. The zero-order valence-corrected chi connectivity index (χ0v) is 15.6. The zero-order chi connectivity index (χ0) is 18.5. The van der Waals surface area contributed by atoms with Crippen LogP contribution in [0.15, 0.2) is 47.5 Å². The van der Waals surface area contributed by atoms with E-state index in [1.807, 2.05) is 12.1 Å². The Morgan fingerprint density at radius 2 is 1.77 bits per heavy atom. The normalized spacial score (nSPS) is 20.8. The molecule has 3 rings (SSSR count). The summed E-state index contributed by atoms with van der Waals surface area (Å²) in [6, 6.07) is 8.05. The van der Waals surface area contributed by atoms with E-state index in [0.717, 1.165) is 18.7 Å². The maximum absolute atomic E-state index is 12.5. The van der Waals surface area contributed by atoms with Crippen LogP contribution in [-0.4, -0.2) is 41.5 Å². The molecule has 0 aromatic heterocycles. The molecule has 0 radical (unpaired) electrons. The Kier molecular flexibility index (Phi) is 5.96. The number of amidine groups is 1. The molecule has 1 aromatic rings. The van der Waals surface area contributed by atoms with Crippen LogP contribution in [0.4, 0.5) is 5.69 Å². The Morgan fingerprint density at radius 1 is 1.12 bits per heavy atom. The number of carbonyl (C=O) groups is 2. The summed E-state index contributed by atoms with van der Waals surface area (Å²) in [7, 11) is 0. The predicted octanol–water partition coefficient (Wildman–Crippen LogP) is 1.62. The van der Waals surface area contributed by atoms with E-state index in [4.69, 9.17) is 12.6 Å². The van der Waals surface area contributed by atoms with Gasteiger partial charge in [0.25, 0.3) is 11.8 Å². The molecule has 5 nitrogen and oxygen atoms in total. The molecule has 1 aromatic carbocycles. The Hall–Kier alpha value is -2.31. The molecule has 26 heavy (non-hydrogen) atoms. The molecule has 1 saturated heterocycles. The third-order valence-electron chi connectivity index (χ3n) is 4.78. The summed E-state index contributed by atoms with van der Waals surface area (Å²) in [4.78, 5) is 31.2. The first-order valence-corrected chi connectivity index (χ1v) is 9.40. The first-order valence-electron chi connectivity index (χ1n) is 9.00. The van der Waals surface area contributed by atoms with Gasteiger partial charge < -0.3 is 22.4 Å². The lowest BCUT2D eigenvalue weighted by Crippen LogP contribution is -3.07. The molecular weight excluding hydrogens is 346 g/mol. The molecule has 2 amide bonds. The van der Waals surface area contributed by atoms with Crippen LogP contribution in [0.3, 0.4) is 0 Å². The number of aliphatic imine (C=N–C) groups is 1. The summed E-state index contributed by atoms with van der Waals surface area (Å²) in [6.07, 6.45) is 8.28. The van der Waals surface area contributed by atoms with Gasteiger partial charge in [0, 0.05) is 6.54 Å². The molecule has 0 saturated carbocycles. The van der Waals surface area contributed by atoms with Gasteiger partial charge in [0.15, 0.2) is 0 Å². The number of quaternary nitrogens is 1. The monoisotopic (exact) mass is 369 g/mol. The number of nitrogens with zero attached hydrogens (tertiary/aromatic N) is 2. The summed E-state index contributed by atoms with van der Waals surface area (Å²) in [5.74, 6) is -1.00.